The summed E-state index contributed by atoms with van der Waals surface area (Å²) in [5, 5.41) is 12.1. The van der Waals surface area contributed by atoms with E-state index in [1.807, 2.05) is 13.2 Å². The lowest BCUT2D eigenvalue weighted by molar-refractivity contribution is 0.0936. The summed E-state index contributed by atoms with van der Waals surface area (Å²) in [6.45, 7) is 1.89. The topological polar surface area (TPSA) is 78.3 Å². The quantitative estimate of drug-likeness (QED) is 0.739. The van der Waals surface area contributed by atoms with Crippen molar-refractivity contribution in [3.8, 4) is 0 Å². The number of thioether (sulfide) groups is 1. The number of aromatic nitrogens is 1. The Hall–Kier alpha value is -1.31. The molecule has 2 rings (SSSR count). The molecule has 7 heteroatoms. The molecule has 1 aromatic heterocycles. The van der Waals surface area contributed by atoms with Crippen LogP contribution in [0.15, 0.2) is 22.6 Å². The molecule has 1 amide bonds. The molecule has 3 N–H and O–H groups in total. The molecule has 0 radical (unpaired) electrons. The lowest BCUT2D eigenvalue weighted by atomic mass is 10.1. The summed E-state index contributed by atoms with van der Waals surface area (Å²) >= 11 is 6.42. The van der Waals surface area contributed by atoms with Crippen molar-refractivity contribution in [3.63, 3.8) is 0 Å². The highest BCUT2D eigenvalue weighted by Gasteiger charge is 2.18. The van der Waals surface area contributed by atoms with Crippen molar-refractivity contribution in [1.29, 1.82) is 0 Å². The number of aliphatic hydroxyl groups excluding tert-OH is 1. The monoisotopic (exact) mass is 312 g/mol. The van der Waals surface area contributed by atoms with Gasteiger partial charge in [0.15, 0.2) is 5.58 Å². The Kier molecular flexibility index (Phi) is 4.85. The van der Waals surface area contributed by atoms with Gasteiger partial charge in [-0.25, -0.2) is 0 Å². The summed E-state index contributed by atoms with van der Waals surface area (Å²) in [5.74, 6) is -0.200. The summed E-state index contributed by atoms with van der Waals surface area (Å²) in [6.07, 6.45) is 1.90. The number of fused-ring (bicyclic) bond motifs is 1. The van der Waals surface area contributed by atoms with E-state index in [9.17, 15) is 9.90 Å². The standard InChI is InChI=1S/C13H16N2O3S2/c1-7(11(6-16)20-2)14-12(17)8-3-4-9-10(5-8)18-13(19)15-9/h3-5,7,11,16H,6H2,1-2H3,(H,14,17)(H,15,19)/t7-,11+/m0/s1. The fourth-order valence-corrected chi connectivity index (χ4v) is 2.73. The van der Waals surface area contributed by atoms with Crippen LogP contribution in [0.2, 0.25) is 0 Å². The molecule has 5 nitrogen and oxygen atoms in total. The van der Waals surface area contributed by atoms with Gasteiger partial charge in [0.25, 0.3) is 10.7 Å². The number of aliphatic hydroxyl groups is 1. The van der Waals surface area contributed by atoms with E-state index in [4.69, 9.17) is 16.6 Å². The van der Waals surface area contributed by atoms with Crippen LogP contribution in [0.3, 0.4) is 0 Å². The molecule has 0 fully saturated rings. The van der Waals surface area contributed by atoms with E-state index in [0.717, 1.165) is 5.52 Å². The fourth-order valence-electron chi connectivity index (χ4n) is 1.91. The number of amides is 1. The van der Waals surface area contributed by atoms with Crippen LogP contribution in [0.1, 0.15) is 17.3 Å². The lowest BCUT2D eigenvalue weighted by Crippen LogP contribution is -2.41. The number of hydrogen-bond acceptors (Lipinski definition) is 5. The van der Waals surface area contributed by atoms with E-state index in [0.29, 0.717) is 11.1 Å². The normalized spacial score (nSPS) is 14.2. The van der Waals surface area contributed by atoms with Crippen molar-refractivity contribution in [1.82, 2.24) is 10.3 Å². The van der Waals surface area contributed by atoms with Crippen molar-refractivity contribution in [2.24, 2.45) is 0 Å². The number of nitrogens with one attached hydrogen (secondary N) is 2. The van der Waals surface area contributed by atoms with E-state index in [1.54, 1.807) is 18.2 Å². The number of H-pyrrole nitrogens is 1. The number of benzene rings is 1. The van der Waals surface area contributed by atoms with Crippen LogP contribution >= 0.6 is 24.0 Å². The SMILES string of the molecule is CS[C@H](CO)[C@H](C)NC(=O)c1ccc2[nH]c(=S)oc2c1. The van der Waals surface area contributed by atoms with Gasteiger partial charge in [-0.1, -0.05) is 0 Å². The molecule has 1 aromatic carbocycles. The predicted octanol–water partition coefficient (Wildman–Crippen LogP) is 2.33. The van der Waals surface area contributed by atoms with Crippen molar-refractivity contribution in [2.45, 2.75) is 18.2 Å². The van der Waals surface area contributed by atoms with Gasteiger partial charge in [0.1, 0.15) is 0 Å². The molecular formula is C13H16N2O3S2. The van der Waals surface area contributed by atoms with Crippen molar-refractivity contribution in [2.75, 3.05) is 12.9 Å². The van der Waals surface area contributed by atoms with Crippen LogP contribution < -0.4 is 5.32 Å². The minimum atomic E-state index is -0.200. The zero-order chi connectivity index (χ0) is 14.7. The van der Waals surface area contributed by atoms with Gasteiger partial charge in [-0.15, -0.1) is 0 Å². The Morgan fingerprint density at radius 2 is 2.35 bits per heavy atom. The number of aromatic amines is 1. The van der Waals surface area contributed by atoms with E-state index in [1.165, 1.54) is 11.8 Å². The fraction of sp³-hybridized carbons (Fsp3) is 0.385. The van der Waals surface area contributed by atoms with Gasteiger partial charge in [-0.3, -0.25) is 4.79 Å². The predicted molar refractivity (Wildman–Crippen MR) is 82.7 cm³/mol. The smallest absolute Gasteiger partial charge is 0.266 e. The van der Waals surface area contributed by atoms with Gasteiger partial charge < -0.3 is 19.8 Å². The molecule has 0 aliphatic carbocycles. The molecule has 2 aromatic rings. The molecule has 0 unspecified atom stereocenters. The van der Waals surface area contributed by atoms with Gasteiger partial charge in [0.05, 0.1) is 12.1 Å². The Morgan fingerprint density at radius 1 is 1.60 bits per heavy atom. The number of rotatable bonds is 5. The largest absolute Gasteiger partial charge is 0.429 e. The van der Waals surface area contributed by atoms with Crippen molar-refractivity contribution < 1.29 is 14.3 Å². The Bertz CT molecular complexity index is 661. The van der Waals surface area contributed by atoms with Gasteiger partial charge in [0, 0.05) is 16.9 Å². The summed E-state index contributed by atoms with van der Waals surface area (Å²) in [4.78, 5) is 15.3. The summed E-state index contributed by atoms with van der Waals surface area (Å²) in [7, 11) is 0. The minimum absolute atomic E-state index is 0.0219. The maximum Gasteiger partial charge on any atom is 0.266 e. The molecule has 2 atom stereocenters. The second-order valence-corrected chi connectivity index (χ2v) is 5.89. The van der Waals surface area contributed by atoms with Gasteiger partial charge >= 0.3 is 0 Å². The van der Waals surface area contributed by atoms with Gasteiger partial charge in [-0.05, 0) is 43.6 Å². The molecule has 0 saturated heterocycles. The molecule has 0 saturated carbocycles. The third kappa shape index (κ3) is 3.23. The average molecular weight is 312 g/mol. The van der Waals surface area contributed by atoms with Gasteiger partial charge in [-0.2, -0.15) is 11.8 Å². The average Bonchev–Trinajstić information content (AvgIpc) is 2.78. The molecule has 0 spiro atoms. The highest BCUT2D eigenvalue weighted by atomic mass is 32.2. The molecular weight excluding hydrogens is 296 g/mol. The van der Waals surface area contributed by atoms with Crippen LogP contribution in [0.5, 0.6) is 0 Å². The second kappa shape index (κ2) is 6.43. The molecule has 108 valence electrons. The highest BCUT2D eigenvalue weighted by Crippen LogP contribution is 2.16. The first kappa shape index (κ1) is 15.1. The van der Waals surface area contributed by atoms with Gasteiger partial charge in [0.2, 0.25) is 0 Å². The lowest BCUT2D eigenvalue weighted by Gasteiger charge is -2.21. The summed E-state index contributed by atoms with van der Waals surface area (Å²) in [6, 6.07) is 4.98. The summed E-state index contributed by atoms with van der Waals surface area (Å²) in [5.41, 5.74) is 1.82. The number of carbonyl (C=O) groups is 1. The third-order valence-electron chi connectivity index (χ3n) is 3.08. The van der Waals surface area contributed by atoms with Crippen LogP contribution in [-0.2, 0) is 0 Å². The first-order chi connectivity index (χ1) is 9.55. The van der Waals surface area contributed by atoms with Crippen LogP contribution in [0.4, 0.5) is 0 Å². The van der Waals surface area contributed by atoms with E-state index in [2.05, 4.69) is 10.3 Å². The van der Waals surface area contributed by atoms with E-state index < -0.39 is 0 Å². The molecule has 0 aliphatic heterocycles. The maximum atomic E-state index is 12.2. The third-order valence-corrected chi connectivity index (χ3v) is 4.43. The first-order valence-electron chi connectivity index (χ1n) is 6.12. The molecule has 20 heavy (non-hydrogen) atoms. The van der Waals surface area contributed by atoms with E-state index in [-0.39, 0.29) is 28.6 Å². The zero-order valence-electron chi connectivity index (χ0n) is 11.2. The number of carbonyl (C=O) groups excluding carboxylic acids is 1. The molecule has 0 bridgehead atoms. The molecule has 1 heterocycles. The maximum absolute atomic E-state index is 12.2. The highest BCUT2D eigenvalue weighted by molar-refractivity contribution is 7.99. The van der Waals surface area contributed by atoms with Crippen LogP contribution in [0, 0.1) is 4.84 Å². The van der Waals surface area contributed by atoms with Crippen LogP contribution in [-0.4, -0.2) is 40.2 Å². The second-order valence-electron chi connectivity index (χ2n) is 4.44. The molecule has 0 aliphatic rings. The Labute approximate surface area is 125 Å². The first-order valence-corrected chi connectivity index (χ1v) is 7.82. The number of hydrogen-bond donors (Lipinski definition) is 3. The Balaban J connectivity index is 2.16. The summed E-state index contributed by atoms with van der Waals surface area (Å²) < 4.78 is 5.29. The van der Waals surface area contributed by atoms with E-state index >= 15 is 0 Å². The number of oxazole rings is 1. The van der Waals surface area contributed by atoms with Crippen molar-refractivity contribution >= 4 is 41.0 Å². The zero-order valence-corrected chi connectivity index (χ0v) is 12.8. The van der Waals surface area contributed by atoms with Crippen LogP contribution in [0.25, 0.3) is 11.1 Å². The Morgan fingerprint density at radius 3 is 3.00 bits per heavy atom. The van der Waals surface area contributed by atoms with Crippen molar-refractivity contribution in [3.05, 3.63) is 28.6 Å². The minimum Gasteiger partial charge on any atom is -0.429 e.